The highest BCUT2D eigenvalue weighted by atomic mass is 19.4. The Labute approximate surface area is 158 Å². The lowest BCUT2D eigenvalue weighted by Crippen LogP contribution is -2.31. The van der Waals surface area contributed by atoms with Gasteiger partial charge in [0.2, 0.25) is 0 Å². The molecule has 1 unspecified atom stereocenters. The average Bonchev–Trinajstić information content (AvgIpc) is 3.37. The Morgan fingerprint density at radius 2 is 2.07 bits per heavy atom. The zero-order chi connectivity index (χ0) is 20.1. The van der Waals surface area contributed by atoms with Crippen molar-refractivity contribution in [2.24, 2.45) is 7.05 Å². The highest BCUT2D eigenvalue weighted by Gasteiger charge is 2.37. The molecule has 1 aliphatic rings. The SMILES string of the molecule is CCc1cc(C(F)(F)F)n2nc(C3CCCN3C(=O)c3ccn(C)n3)cc2n1. The third-order valence-corrected chi connectivity index (χ3v) is 4.94. The molecule has 0 N–H and O–H groups in total. The second-order valence-electron chi connectivity index (χ2n) is 6.85. The van der Waals surface area contributed by atoms with Crippen LogP contribution < -0.4 is 0 Å². The number of nitrogens with zero attached hydrogens (tertiary/aromatic N) is 6. The van der Waals surface area contributed by atoms with Gasteiger partial charge in [0.25, 0.3) is 5.91 Å². The zero-order valence-corrected chi connectivity index (χ0v) is 15.4. The Morgan fingerprint density at radius 3 is 2.71 bits per heavy atom. The minimum absolute atomic E-state index is 0.138. The molecule has 148 valence electrons. The third-order valence-electron chi connectivity index (χ3n) is 4.94. The fourth-order valence-electron chi connectivity index (χ4n) is 3.58. The molecule has 1 aliphatic heterocycles. The maximum absolute atomic E-state index is 13.5. The number of aromatic nitrogens is 5. The topological polar surface area (TPSA) is 68.3 Å². The molecule has 0 radical (unpaired) electrons. The van der Waals surface area contributed by atoms with E-state index >= 15 is 0 Å². The predicted molar refractivity (Wildman–Crippen MR) is 93.6 cm³/mol. The number of halogens is 3. The molecule has 0 aromatic carbocycles. The zero-order valence-electron chi connectivity index (χ0n) is 15.4. The summed E-state index contributed by atoms with van der Waals surface area (Å²) in [7, 11) is 1.72. The molecular weight excluding hydrogens is 373 g/mol. The van der Waals surface area contributed by atoms with Crippen molar-refractivity contribution in [2.75, 3.05) is 6.54 Å². The van der Waals surface area contributed by atoms with Gasteiger partial charge < -0.3 is 4.90 Å². The molecular formula is C18H19F3N6O. The lowest BCUT2D eigenvalue weighted by molar-refractivity contribution is -0.142. The number of fused-ring (bicyclic) bond motifs is 1. The minimum atomic E-state index is -4.55. The van der Waals surface area contributed by atoms with Gasteiger partial charge >= 0.3 is 6.18 Å². The molecule has 1 atom stereocenters. The van der Waals surface area contributed by atoms with Crippen LogP contribution in [0.5, 0.6) is 0 Å². The van der Waals surface area contributed by atoms with E-state index in [9.17, 15) is 18.0 Å². The van der Waals surface area contributed by atoms with Gasteiger partial charge in [-0.05, 0) is 31.4 Å². The molecule has 3 aromatic heterocycles. The van der Waals surface area contributed by atoms with Gasteiger partial charge in [-0.25, -0.2) is 9.50 Å². The number of aryl methyl sites for hydroxylation is 2. The van der Waals surface area contributed by atoms with E-state index < -0.39 is 17.9 Å². The first kappa shape index (κ1) is 18.5. The molecule has 7 nitrogen and oxygen atoms in total. The summed E-state index contributed by atoms with van der Waals surface area (Å²) in [5.74, 6) is -0.251. The number of likely N-dealkylation sites (tertiary alicyclic amines) is 1. The van der Waals surface area contributed by atoms with Crippen molar-refractivity contribution in [3.05, 3.63) is 47.2 Å². The van der Waals surface area contributed by atoms with E-state index in [4.69, 9.17) is 0 Å². The van der Waals surface area contributed by atoms with Crippen LogP contribution in [0, 0.1) is 0 Å². The Kier molecular flexibility index (Phi) is 4.35. The molecule has 1 saturated heterocycles. The monoisotopic (exact) mass is 392 g/mol. The number of rotatable bonds is 3. The van der Waals surface area contributed by atoms with E-state index in [1.807, 2.05) is 0 Å². The van der Waals surface area contributed by atoms with Gasteiger partial charge in [-0.1, -0.05) is 6.92 Å². The number of alkyl halides is 3. The maximum Gasteiger partial charge on any atom is 0.433 e. The van der Waals surface area contributed by atoms with Gasteiger partial charge in [0.05, 0.1) is 11.7 Å². The van der Waals surface area contributed by atoms with Crippen molar-refractivity contribution in [3.8, 4) is 0 Å². The fraction of sp³-hybridized carbons (Fsp3) is 0.444. The molecule has 1 amide bonds. The van der Waals surface area contributed by atoms with Gasteiger partial charge in [0.1, 0.15) is 11.4 Å². The summed E-state index contributed by atoms with van der Waals surface area (Å²) in [6.07, 6.45) is -1.11. The minimum Gasteiger partial charge on any atom is -0.329 e. The van der Waals surface area contributed by atoms with Crippen LogP contribution in [-0.2, 0) is 19.6 Å². The van der Waals surface area contributed by atoms with Gasteiger partial charge in [0, 0.05) is 31.5 Å². The van der Waals surface area contributed by atoms with E-state index in [-0.39, 0.29) is 11.6 Å². The predicted octanol–water partition coefficient (Wildman–Crippen LogP) is 3.02. The molecule has 0 saturated carbocycles. The van der Waals surface area contributed by atoms with Gasteiger partial charge in [0.15, 0.2) is 5.65 Å². The van der Waals surface area contributed by atoms with Crippen LogP contribution in [0.25, 0.3) is 5.65 Å². The summed E-state index contributed by atoms with van der Waals surface area (Å²) in [6.45, 7) is 2.26. The molecule has 1 fully saturated rings. The van der Waals surface area contributed by atoms with Crippen LogP contribution in [0.3, 0.4) is 0 Å². The van der Waals surface area contributed by atoms with Crippen molar-refractivity contribution < 1.29 is 18.0 Å². The van der Waals surface area contributed by atoms with Crippen LogP contribution >= 0.6 is 0 Å². The average molecular weight is 392 g/mol. The van der Waals surface area contributed by atoms with Gasteiger partial charge in [-0.3, -0.25) is 9.48 Å². The fourth-order valence-corrected chi connectivity index (χ4v) is 3.58. The number of hydrogen-bond acceptors (Lipinski definition) is 4. The Balaban J connectivity index is 1.75. The lowest BCUT2D eigenvalue weighted by atomic mass is 10.1. The Bertz CT molecular complexity index is 1040. The number of hydrogen-bond donors (Lipinski definition) is 0. The van der Waals surface area contributed by atoms with Crippen molar-refractivity contribution in [3.63, 3.8) is 0 Å². The van der Waals surface area contributed by atoms with Crippen LogP contribution in [0.4, 0.5) is 13.2 Å². The van der Waals surface area contributed by atoms with E-state index in [1.54, 1.807) is 37.2 Å². The summed E-state index contributed by atoms with van der Waals surface area (Å²) < 4.78 is 42.8. The van der Waals surface area contributed by atoms with Gasteiger partial charge in [-0.2, -0.15) is 23.4 Å². The van der Waals surface area contributed by atoms with Crippen LogP contribution in [0.1, 0.15) is 53.4 Å². The normalized spacial score (nSPS) is 17.6. The van der Waals surface area contributed by atoms with Crippen LogP contribution in [-0.4, -0.2) is 41.7 Å². The largest absolute Gasteiger partial charge is 0.433 e. The molecule has 0 spiro atoms. The summed E-state index contributed by atoms with van der Waals surface area (Å²) in [5, 5.41) is 8.32. The van der Waals surface area contributed by atoms with Gasteiger partial charge in [-0.15, -0.1) is 0 Å². The second kappa shape index (κ2) is 6.61. The van der Waals surface area contributed by atoms with Crippen molar-refractivity contribution in [1.29, 1.82) is 0 Å². The van der Waals surface area contributed by atoms with Crippen LogP contribution in [0.2, 0.25) is 0 Å². The van der Waals surface area contributed by atoms with E-state index in [0.717, 1.165) is 17.0 Å². The summed E-state index contributed by atoms with van der Waals surface area (Å²) in [6, 6.07) is 3.79. The lowest BCUT2D eigenvalue weighted by Gasteiger charge is -2.22. The quantitative estimate of drug-likeness (QED) is 0.687. The van der Waals surface area contributed by atoms with Crippen molar-refractivity contribution in [1.82, 2.24) is 29.3 Å². The molecule has 10 heteroatoms. The maximum atomic E-state index is 13.5. The second-order valence-corrected chi connectivity index (χ2v) is 6.85. The van der Waals surface area contributed by atoms with E-state index in [2.05, 4.69) is 15.2 Å². The number of carbonyl (C=O) groups excluding carboxylic acids is 1. The first-order valence-electron chi connectivity index (χ1n) is 9.05. The summed E-state index contributed by atoms with van der Waals surface area (Å²) in [4.78, 5) is 18.7. The third kappa shape index (κ3) is 3.12. The highest BCUT2D eigenvalue weighted by molar-refractivity contribution is 5.92. The van der Waals surface area contributed by atoms with Crippen molar-refractivity contribution >= 4 is 11.6 Å². The van der Waals surface area contributed by atoms with E-state index in [1.165, 1.54) is 4.68 Å². The smallest absolute Gasteiger partial charge is 0.329 e. The molecule has 0 aliphatic carbocycles. The Morgan fingerprint density at radius 1 is 1.29 bits per heavy atom. The number of carbonyl (C=O) groups is 1. The molecule has 4 heterocycles. The van der Waals surface area contributed by atoms with Crippen molar-refractivity contribution in [2.45, 2.75) is 38.4 Å². The summed E-state index contributed by atoms with van der Waals surface area (Å²) >= 11 is 0. The number of amides is 1. The molecule has 0 bridgehead atoms. The first-order chi connectivity index (χ1) is 13.3. The first-order valence-corrected chi connectivity index (χ1v) is 9.05. The van der Waals surface area contributed by atoms with Crippen LogP contribution in [0.15, 0.2) is 24.4 Å². The summed E-state index contributed by atoms with van der Waals surface area (Å²) in [5.41, 5.74) is 0.340. The molecule has 3 aromatic rings. The molecule has 28 heavy (non-hydrogen) atoms. The Hall–Kier alpha value is -2.91. The van der Waals surface area contributed by atoms with E-state index in [0.29, 0.717) is 36.5 Å². The standard InChI is InChI=1S/C18H19F3N6O/c1-3-11-9-15(18(19,20)21)27-16(22-11)10-13(24-27)14-5-4-7-26(14)17(28)12-6-8-25(2)23-12/h6,8-10,14H,3-5,7H2,1-2H3. The molecule has 4 rings (SSSR count). The highest BCUT2D eigenvalue weighted by Crippen LogP contribution is 2.35.